The van der Waals surface area contributed by atoms with Crippen molar-refractivity contribution in [3.63, 3.8) is 0 Å². The summed E-state index contributed by atoms with van der Waals surface area (Å²) in [5.41, 5.74) is 6.70. The van der Waals surface area contributed by atoms with Crippen LogP contribution in [0, 0.1) is 11.3 Å². The van der Waals surface area contributed by atoms with Crippen LogP contribution in [0.5, 0.6) is 0 Å². The van der Waals surface area contributed by atoms with Gasteiger partial charge in [-0.1, -0.05) is 115 Å². The lowest BCUT2D eigenvalue weighted by atomic mass is 9.96. The van der Waals surface area contributed by atoms with E-state index in [9.17, 15) is 5.26 Å². The molecule has 0 unspecified atom stereocenters. The Morgan fingerprint density at radius 3 is 1.90 bits per heavy atom. The molecule has 182 valence electrons. The Balaban J connectivity index is 1.46. The SMILES string of the molecule is N#Cc1c(-c2ccccc2)nc(-c2ccccc2)nc1-c1cccc(-c2cccc3c2sc2ccccc23)c1. The third kappa shape index (κ3) is 4.06. The summed E-state index contributed by atoms with van der Waals surface area (Å²) in [5.74, 6) is 0.598. The maximum atomic E-state index is 10.4. The number of rotatable bonds is 4. The highest BCUT2D eigenvalue weighted by molar-refractivity contribution is 7.26. The molecule has 0 aliphatic heterocycles. The Kier molecular flexibility index (Phi) is 5.70. The lowest BCUT2D eigenvalue weighted by molar-refractivity contribution is 1.17. The summed E-state index contributed by atoms with van der Waals surface area (Å²) in [4.78, 5) is 9.86. The van der Waals surface area contributed by atoms with Crippen LogP contribution in [0.15, 0.2) is 127 Å². The monoisotopic (exact) mass is 515 g/mol. The van der Waals surface area contributed by atoms with E-state index < -0.39 is 0 Å². The van der Waals surface area contributed by atoms with E-state index in [1.165, 1.54) is 25.7 Å². The molecule has 0 amide bonds. The van der Waals surface area contributed by atoms with E-state index in [0.717, 1.165) is 22.3 Å². The van der Waals surface area contributed by atoms with Crippen molar-refractivity contribution in [3.05, 3.63) is 133 Å². The van der Waals surface area contributed by atoms with Gasteiger partial charge in [0.15, 0.2) is 5.82 Å². The molecule has 0 aliphatic carbocycles. The Morgan fingerprint density at radius 1 is 0.538 bits per heavy atom. The van der Waals surface area contributed by atoms with E-state index in [4.69, 9.17) is 9.97 Å². The molecule has 39 heavy (non-hydrogen) atoms. The van der Waals surface area contributed by atoms with Gasteiger partial charge in [0.05, 0.1) is 11.4 Å². The molecule has 0 radical (unpaired) electrons. The van der Waals surface area contributed by atoms with Crippen LogP contribution in [0.4, 0.5) is 0 Å². The summed E-state index contributed by atoms with van der Waals surface area (Å²) in [6, 6.07) is 45.6. The topological polar surface area (TPSA) is 49.6 Å². The second kappa shape index (κ2) is 9.64. The van der Waals surface area contributed by atoms with Crippen LogP contribution in [0.2, 0.25) is 0 Å². The zero-order valence-corrected chi connectivity index (χ0v) is 21.7. The molecule has 0 aliphatic rings. The average molecular weight is 516 g/mol. The molecular weight excluding hydrogens is 494 g/mol. The van der Waals surface area contributed by atoms with E-state index >= 15 is 0 Å². The Labute approximate surface area is 230 Å². The molecule has 2 aromatic heterocycles. The molecule has 0 saturated carbocycles. The molecule has 7 rings (SSSR count). The number of hydrogen-bond acceptors (Lipinski definition) is 4. The third-order valence-corrected chi connectivity index (χ3v) is 8.17. The molecule has 0 bridgehead atoms. The van der Waals surface area contributed by atoms with Crippen LogP contribution in [-0.2, 0) is 0 Å². The van der Waals surface area contributed by atoms with Gasteiger partial charge in [-0.2, -0.15) is 5.26 Å². The highest BCUT2D eigenvalue weighted by Crippen LogP contribution is 2.41. The lowest BCUT2D eigenvalue weighted by Gasteiger charge is -2.13. The van der Waals surface area contributed by atoms with E-state index in [2.05, 4.69) is 60.7 Å². The third-order valence-electron chi connectivity index (χ3n) is 6.95. The van der Waals surface area contributed by atoms with E-state index in [1.807, 2.05) is 84.1 Å². The number of benzene rings is 5. The predicted octanol–water partition coefficient (Wildman–Crippen LogP) is 9.38. The number of aromatic nitrogens is 2. The largest absolute Gasteiger partial charge is 0.227 e. The van der Waals surface area contributed by atoms with Crippen molar-refractivity contribution in [3.8, 4) is 51.1 Å². The first-order valence-electron chi connectivity index (χ1n) is 12.7. The molecule has 0 N–H and O–H groups in total. The fraction of sp³-hybridized carbons (Fsp3) is 0. The van der Waals surface area contributed by atoms with Gasteiger partial charge in [0, 0.05) is 36.9 Å². The summed E-state index contributed by atoms with van der Waals surface area (Å²) in [5, 5.41) is 12.9. The van der Waals surface area contributed by atoms with Crippen LogP contribution < -0.4 is 0 Å². The smallest absolute Gasteiger partial charge is 0.160 e. The molecule has 7 aromatic rings. The fourth-order valence-corrected chi connectivity index (χ4v) is 6.34. The number of hydrogen-bond donors (Lipinski definition) is 0. The zero-order valence-electron chi connectivity index (χ0n) is 20.9. The molecule has 2 heterocycles. The maximum Gasteiger partial charge on any atom is 0.160 e. The molecular formula is C35H21N3S. The first-order valence-corrected chi connectivity index (χ1v) is 13.6. The summed E-state index contributed by atoms with van der Waals surface area (Å²) in [7, 11) is 0. The summed E-state index contributed by atoms with van der Waals surface area (Å²) < 4.78 is 2.53. The minimum atomic E-state index is 0.470. The van der Waals surface area contributed by atoms with E-state index in [0.29, 0.717) is 22.8 Å². The molecule has 5 aromatic carbocycles. The van der Waals surface area contributed by atoms with Crippen molar-refractivity contribution in [1.82, 2.24) is 9.97 Å². The van der Waals surface area contributed by atoms with E-state index in [1.54, 1.807) is 0 Å². The Morgan fingerprint density at radius 2 is 1.13 bits per heavy atom. The first-order chi connectivity index (χ1) is 19.3. The van der Waals surface area contributed by atoms with Crippen molar-refractivity contribution >= 4 is 31.5 Å². The minimum absolute atomic E-state index is 0.470. The number of nitrogens with zero attached hydrogens (tertiary/aromatic N) is 3. The molecule has 4 heteroatoms. The van der Waals surface area contributed by atoms with Crippen LogP contribution in [0.3, 0.4) is 0 Å². The Bertz CT molecular complexity index is 2020. The average Bonchev–Trinajstić information content (AvgIpc) is 3.40. The summed E-state index contributed by atoms with van der Waals surface area (Å²) in [6.07, 6.45) is 0. The van der Waals surface area contributed by atoms with E-state index in [-0.39, 0.29) is 0 Å². The van der Waals surface area contributed by atoms with Crippen LogP contribution in [0.25, 0.3) is 65.2 Å². The zero-order chi connectivity index (χ0) is 26.2. The van der Waals surface area contributed by atoms with Gasteiger partial charge in [-0.05, 0) is 23.3 Å². The Hall–Kier alpha value is -5.11. The highest BCUT2D eigenvalue weighted by atomic mass is 32.1. The van der Waals surface area contributed by atoms with Crippen molar-refractivity contribution in [2.24, 2.45) is 0 Å². The quantitative estimate of drug-likeness (QED) is 0.235. The van der Waals surface area contributed by atoms with Crippen molar-refractivity contribution in [1.29, 1.82) is 5.26 Å². The van der Waals surface area contributed by atoms with Crippen LogP contribution in [0.1, 0.15) is 5.56 Å². The number of thiophene rings is 1. The molecule has 0 fully saturated rings. The first kappa shape index (κ1) is 23.0. The second-order valence-electron chi connectivity index (χ2n) is 9.32. The molecule has 0 atom stereocenters. The lowest BCUT2D eigenvalue weighted by Crippen LogP contribution is -2.01. The predicted molar refractivity (Wildman–Crippen MR) is 161 cm³/mol. The normalized spacial score (nSPS) is 11.1. The van der Waals surface area contributed by atoms with Gasteiger partial charge in [-0.3, -0.25) is 0 Å². The number of nitriles is 1. The van der Waals surface area contributed by atoms with Gasteiger partial charge < -0.3 is 0 Å². The summed E-state index contributed by atoms with van der Waals surface area (Å²) >= 11 is 1.81. The molecule has 3 nitrogen and oxygen atoms in total. The van der Waals surface area contributed by atoms with Gasteiger partial charge in [0.2, 0.25) is 0 Å². The standard InChI is InChI=1S/C35H21N3S/c36-22-30-32(23-11-3-1-4-12-23)37-35(24-13-5-2-6-14-24)38-33(30)26-16-9-15-25(21-26)27-18-10-19-29-28-17-7-8-20-31(28)39-34(27)29/h1-21H. The van der Waals surface area contributed by atoms with Gasteiger partial charge in [0.25, 0.3) is 0 Å². The van der Waals surface area contributed by atoms with Crippen molar-refractivity contribution < 1.29 is 0 Å². The van der Waals surface area contributed by atoms with Gasteiger partial charge in [-0.25, -0.2) is 9.97 Å². The van der Waals surface area contributed by atoms with Gasteiger partial charge >= 0.3 is 0 Å². The second-order valence-corrected chi connectivity index (χ2v) is 10.4. The minimum Gasteiger partial charge on any atom is -0.227 e. The summed E-state index contributed by atoms with van der Waals surface area (Å²) in [6.45, 7) is 0. The van der Waals surface area contributed by atoms with Gasteiger partial charge in [-0.15, -0.1) is 11.3 Å². The van der Waals surface area contributed by atoms with Crippen molar-refractivity contribution in [2.75, 3.05) is 0 Å². The fourth-order valence-electron chi connectivity index (χ4n) is 5.11. The maximum absolute atomic E-state index is 10.4. The molecule has 0 spiro atoms. The molecule has 0 saturated heterocycles. The van der Waals surface area contributed by atoms with Gasteiger partial charge in [0.1, 0.15) is 11.6 Å². The van der Waals surface area contributed by atoms with Crippen LogP contribution >= 0.6 is 11.3 Å². The van der Waals surface area contributed by atoms with Crippen LogP contribution in [-0.4, -0.2) is 9.97 Å². The highest BCUT2D eigenvalue weighted by Gasteiger charge is 2.19. The van der Waals surface area contributed by atoms with Crippen molar-refractivity contribution in [2.45, 2.75) is 0 Å². The number of fused-ring (bicyclic) bond motifs is 3.